The molecule has 17 heavy (non-hydrogen) atoms. The number of nitro groups is 1. The molecule has 0 bridgehead atoms. The molecule has 0 aliphatic carbocycles. The zero-order valence-corrected chi connectivity index (χ0v) is 10.7. The highest BCUT2D eigenvalue weighted by atomic mass is 16.6. The molecule has 0 aromatic rings. The number of ketones is 1. The van der Waals surface area contributed by atoms with Crippen molar-refractivity contribution in [1.29, 1.82) is 0 Å². The van der Waals surface area contributed by atoms with E-state index < -0.39 is 22.9 Å². The SMILES string of the molecule is CCC(=O)C(C)(CC(=O)OC(C)C)C[N+](=O)[O-]. The van der Waals surface area contributed by atoms with Crippen molar-refractivity contribution < 1.29 is 19.2 Å². The third kappa shape index (κ3) is 5.42. The van der Waals surface area contributed by atoms with E-state index in [0.717, 1.165) is 0 Å². The maximum Gasteiger partial charge on any atom is 0.307 e. The maximum absolute atomic E-state index is 11.7. The van der Waals surface area contributed by atoms with Gasteiger partial charge in [0.05, 0.1) is 12.5 Å². The third-order valence-corrected chi connectivity index (χ3v) is 2.37. The fourth-order valence-electron chi connectivity index (χ4n) is 1.58. The second-order valence-corrected chi connectivity index (χ2v) is 4.54. The Morgan fingerprint density at radius 2 is 1.94 bits per heavy atom. The molecule has 0 aliphatic heterocycles. The summed E-state index contributed by atoms with van der Waals surface area (Å²) in [5.41, 5.74) is -1.27. The molecule has 0 rings (SSSR count). The van der Waals surface area contributed by atoms with Gasteiger partial charge >= 0.3 is 5.97 Å². The van der Waals surface area contributed by atoms with Crippen molar-refractivity contribution in [2.24, 2.45) is 5.41 Å². The van der Waals surface area contributed by atoms with E-state index in [9.17, 15) is 19.7 Å². The second-order valence-electron chi connectivity index (χ2n) is 4.54. The predicted octanol–water partition coefficient (Wildman–Crippen LogP) is 1.59. The fourth-order valence-corrected chi connectivity index (χ4v) is 1.58. The summed E-state index contributed by atoms with van der Waals surface area (Å²) in [6.45, 7) is 5.87. The topological polar surface area (TPSA) is 86.5 Å². The molecule has 0 heterocycles. The molecule has 0 spiro atoms. The average molecular weight is 245 g/mol. The van der Waals surface area contributed by atoms with E-state index in [4.69, 9.17) is 4.74 Å². The first-order valence-corrected chi connectivity index (χ1v) is 5.56. The lowest BCUT2D eigenvalue weighted by atomic mass is 9.81. The number of carbonyl (C=O) groups excluding carboxylic acids is 2. The lowest BCUT2D eigenvalue weighted by Gasteiger charge is -2.22. The molecule has 0 saturated heterocycles. The van der Waals surface area contributed by atoms with Crippen LogP contribution in [0.25, 0.3) is 0 Å². The number of ether oxygens (including phenoxy) is 1. The van der Waals surface area contributed by atoms with Crippen LogP contribution in [-0.4, -0.2) is 29.3 Å². The van der Waals surface area contributed by atoms with Crippen LogP contribution in [0.5, 0.6) is 0 Å². The van der Waals surface area contributed by atoms with Gasteiger partial charge in [-0.1, -0.05) is 6.92 Å². The summed E-state index contributed by atoms with van der Waals surface area (Å²) in [5, 5.41) is 10.5. The van der Waals surface area contributed by atoms with E-state index in [-0.39, 0.29) is 24.7 Å². The van der Waals surface area contributed by atoms with Crippen molar-refractivity contribution in [3.05, 3.63) is 10.1 Å². The largest absolute Gasteiger partial charge is 0.463 e. The van der Waals surface area contributed by atoms with Crippen molar-refractivity contribution >= 4 is 11.8 Å². The zero-order chi connectivity index (χ0) is 13.6. The number of nitrogens with zero attached hydrogens (tertiary/aromatic N) is 1. The summed E-state index contributed by atoms with van der Waals surface area (Å²) in [6, 6.07) is 0. The highest BCUT2D eigenvalue weighted by molar-refractivity contribution is 5.88. The van der Waals surface area contributed by atoms with Crippen molar-refractivity contribution in [3.8, 4) is 0 Å². The standard InChI is InChI=1S/C11H19NO5/c1-5-9(13)11(4,7-12(15)16)6-10(14)17-8(2)3/h8H,5-7H2,1-4H3. The molecule has 0 saturated carbocycles. The number of hydrogen-bond acceptors (Lipinski definition) is 5. The van der Waals surface area contributed by atoms with Crippen LogP contribution in [0.1, 0.15) is 40.5 Å². The Balaban J connectivity index is 4.76. The van der Waals surface area contributed by atoms with E-state index in [2.05, 4.69) is 0 Å². The van der Waals surface area contributed by atoms with Gasteiger partial charge in [0.2, 0.25) is 6.54 Å². The Morgan fingerprint density at radius 1 is 1.41 bits per heavy atom. The summed E-state index contributed by atoms with van der Waals surface area (Å²) < 4.78 is 4.91. The van der Waals surface area contributed by atoms with Gasteiger partial charge in [0.25, 0.3) is 0 Å². The second kappa shape index (κ2) is 6.32. The minimum Gasteiger partial charge on any atom is -0.463 e. The molecule has 0 aliphatic rings. The molecule has 0 aromatic heterocycles. The van der Waals surface area contributed by atoms with Crippen molar-refractivity contribution in [2.75, 3.05) is 6.54 Å². The van der Waals surface area contributed by atoms with Crippen molar-refractivity contribution in [3.63, 3.8) is 0 Å². The Bertz CT molecular complexity index is 313. The Kier molecular flexibility index (Phi) is 5.78. The lowest BCUT2D eigenvalue weighted by Crippen LogP contribution is -2.37. The van der Waals surface area contributed by atoms with Crippen LogP contribution in [0.4, 0.5) is 0 Å². The summed E-state index contributed by atoms with van der Waals surface area (Å²) >= 11 is 0. The molecule has 1 unspecified atom stereocenters. The van der Waals surface area contributed by atoms with E-state index in [1.807, 2.05) is 0 Å². The van der Waals surface area contributed by atoms with Gasteiger partial charge in [0.1, 0.15) is 11.2 Å². The van der Waals surface area contributed by atoms with Gasteiger partial charge < -0.3 is 4.74 Å². The van der Waals surface area contributed by atoms with Gasteiger partial charge in [-0.05, 0) is 20.8 Å². The van der Waals surface area contributed by atoms with Gasteiger partial charge in [-0.25, -0.2) is 0 Å². The highest BCUT2D eigenvalue weighted by Crippen LogP contribution is 2.25. The molecular formula is C11H19NO5. The molecule has 1 atom stereocenters. The number of esters is 1. The maximum atomic E-state index is 11.7. The summed E-state index contributed by atoms with van der Waals surface area (Å²) in [6.07, 6.45) is -0.378. The summed E-state index contributed by atoms with van der Waals surface area (Å²) in [7, 11) is 0. The minimum atomic E-state index is -1.27. The molecular weight excluding hydrogens is 226 g/mol. The van der Waals surface area contributed by atoms with Crippen molar-refractivity contribution in [2.45, 2.75) is 46.6 Å². The molecule has 98 valence electrons. The predicted molar refractivity (Wildman–Crippen MR) is 61.1 cm³/mol. The first kappa shape index (κ1) is 15.5. The van der Waals surface area contributed by atoms with Crippen molar-refractivity contribution in [1.82, 2.24) is 0 Å². The average Bonchev–Trinajstić information content (AvgIpc) is 2.13. The Hall–Kier alpha value is -1.46. The van der Waals surface area contributed by atoms with E-state index in [0.29, 0.717) is 0 Å². The normalized spacial score (nSPS) is 14.2. The summed E-state index contributed by atoms with van der Waals surface area (Å²) in [4.78, 5) is 33.1. The van der Waals surface area contributed by atoms with Gasteiger partial charge in [0, 0.05) is 11.3 Å². The lowest BCUT2D eigenvalue weighted by molar-refractivity contribution is -0.493. The van der Waals surface area contributed by atoms with Crippen LogP contribution in [-0.2, 0) is 14.3 Å². The van der Waals surface area contributed by atoms with E-state index >= 15 is 0 Å². The van der Waals surface area contributed by atoms with Crippen LogP contribution in [0, 0.1) is 15.5 Å². The van der Waals surface area contributed by atoms with E-state index in [1.54, 1.807) is 20.8 Å². The number of carbonyl (C=O) groups is 2. The third-order valence-electron chi connectivity index (χ3n) is 2.37. The number of Topliss-reactive ketones (excluding diaryl/α,β-unsaturated/α-hetero) is 1. The zero-order valence-electron chi connectivity index (χ0n) is 10.7. The van der Waals surface area contributed by atoms with Crippen LogP contribution >= 0.6 is 0 Å². The van der Waals surface area contributed by atoms with Gasteiger partial charge in [0.15, 0.2) is 0 Å². The first-order valence-electron chi connectivity index (χ1n) is 5.56. The molecule has 0 radical (unpaired) electrons. The van der Waals surface area contributed by atoms with Crippen LogP contribution in [0.15, 0.2) is 0 Å². The van der Waals surface area contributed by atoms with Crippen LogP contribution in [0.2, 0.25) is 0 Å². The first-order chi connectivity index (χ1) is 7.71. The van der Waals surface area contributed by atoms with E-state index in [1.165, 1.54) is 6.92 Å². The fraction of sp³-hybridized carbons (Fsp3) is 0.818. The van der Waals surface area contributed by atoms with Gasteiger partial charge in [-0.15, -0.1) is 0 Å². The van der Waals surface area contributed by atoms with Crippen LogP contribution < -0.4 is 0 Å². The van der Waals surface area contributed by atoms with Gasteiger partial charge in [-0.3, -0.25) is 19.7 Å². The Labute approximate surface area is 100 Å². The molecule has 0 aromatic carbocycles. The molecule has 0 fully saturated rings. The summed E-state index contributed by atoms with van der Waals surface area (Å²) in [5.74, 6) is -0.874. The van der Waals surface area contributed by atoms with Crippen LogP contribution in [0.3, 0.4) is 0 Å². The molecule has 6 heteroatoms. The quantitative estimate of drug-likeness (QED) is 0.386. The van der Waals surface area contributed by atoms with Gasteiger partial charge in [-0.2, -0.15) is 0 Å². The smallest absolute Gasteiger partial charge is 0.307 e. The molecule has 0 amide bonds. The monoisotopic (exact) mass is 245 g/mol. The molecule has 0 N–H and O–H groups in total. The molecule has 6 nitrogen and oxygen atoms in total. The number of hydrogen-bond donors (Lipinski definition) is 0. The number of rotatable bonds is 7. The minimum absolute atomic E-state index is 0.166. The highest BCUT2D eigenvalue weighted by Gasteiger charge is 2.40. The Morgan fingerprint density at radius 3 is 2.29 bits per heavy atom.